The van der Waals surface area contributed by atoms with Gasteiger partial charge in [0.25, 0.3) is 0 Å². The Morgan fingerprint density at radius 3 is 2.56 bits per heavy atom. The molecule has 2 rings (SSSR count). The van der Waals surface area contributed by atoms with Crippen molar-refractivity contribution >= 4 is 23.4 Å². The van der Waals surface area contributed by atoms with Crippen molar-refractivity contribution in [1.29, 1.82) is 0 Å². The van der Waals surface area contributed by atoms with E-state index in [1.807, 2.05) is 12.1 Å². The van der Waals surface area contributed by atoms with Gasteiger partial charge in [0.15, 0.2) is 0 Å². The maximum absolute atomic E-state index is 10.1. The highest BCUT2D eigenvalue weighted by molar-refractivity contribution is 6.30. The summed E-state index contributed by atoms with van der Waals surface area (Å²) in [6, 6.07) is 9.13. The maximum Gasteiger partial charge on any atom is 0.240 e. The summed E-state index contributed by atoms with van der Waals surface area (Å²) in [7, 11) is 0. The summed E-state index contributed by atoms with van der Waals surface area (Å²) in [5.41, 5.74) is 2.34. The van der Waals surface area contributed by atoms with Crippen LogP contribution in [-0.2, 0) is 4.79 Å². The van der Waals surface area contributed by atoms with Gasteiger partial charge in [-0.15, -0.1) is 0 Å². The number of halogens is 1. The highest BCUT2D eigenvalue weighted by Crippen LogP contribution is 2.23. The Bertz CT molecular complexity index is 545. The maximum atomic E-state index is 10.1. The number of pyridine rings is 1. The van der Waals surface area contributed by atoms with Gasteiger partial charge in [0.1, 0.15) is 0 Å². The van der Waals surface area contributed by atoms with Crippen LogP contribution in [0.5, 0.6) is 0 Å². The average Bonchev–Trinajstić information content (AvgIpc) is 2.31. The van der Waals surface area contributed by atoms with E-state index < -0.39 is 0 Å². The number of aliphatic imine (C=N–C) groups is 1. The van der Waals surface area contributed by atoms with E-state index in [-0.39, 0.29) is 0 Å². The molecule has 3 nitrogen and oxygen atoms in total. The van der Waals surface area contributed by atoms with Gasteiger partial charge in [-0.2, -0.15) is 4.99 Å². The zero-order valence-electron chi connectivity index (χ0n) is 8.22. The molecule has 0 spiro atoms. The third-order valence-electron chi connectivity index (χ3n) is 2.08. The Balaban J connectivity index is 2.43. The molecule has 0 aliphatic rings. The standard InChI is InChI=1S/C12H7ClN2O/c13-11-3-1-9(2-4-11)10-5-12(15-8-16)7-14-6-10/h1-7H. The van der Waals surface area contributed by atoms with Crippen LogP contribution in [0, 0.1) is 0 Å². The minimum Gasteiger partial charge on any atom is -0.262 e. The number of isocyanates is 1. The SMILES string of the molecule is O=C=Nc1cncc(-c2ccc(Cl)cc2)c1. The van der Waals surface area contributed by atoms with Crippen LogP contribution in [0.1, 0.15) is 0 Å². The van der Waals surface area contributed by atoms with Gasteiger partial charge < -0.3 is 0 Å². The van der Waals surface area contributed by atoms with Crippen LogP contribution in [0.3, 0.4) is 0 Å². The molecule has 0 saturated carbocycles. The zero-order valence-corrected chi connectivity index (χ0v) is 8.98. The van der Waals surface area contributed by atoms with Crippen molar-refractivity contribution in [2.75, 3.05) is 0 Å². The molecule has 16 heavy (non-hydrogen) atoms. The van der Waals surface area contributed by atoms with E-state index in [0.717, 1.165) is 11.1 Å². The normalized spacial score (nSPS) is 9.56. The Hall–Kier alpha value is -1.96. The highest BCUT2D eigenvalue weighted by Gasteiger charge is 1.99. The molecule has 2 aromatic rings. The number of rotatable bonds is 2. The van der Waals surface area contributed by atoms with Crippen molar-refractivity contribution in [2.45, 2.75) is 0 Å². The van der Waals surface area contributed by atoms with Crippen LogP contribution in [0.4, 0.5) is 5.69 Å². The molecule has 4 heteroatoms. The summed E-state index contributed by atoms with van der Waals surface area (Å²) in [5, 5.41) is 0.679. The third-order valence-corrected chi connectivity index (χ3v) is 2.33. The summed E-state index contributed by atoms with van der Waals surface area (Å²) in [6.45, 7) is 0. The van der Waals surface area contributed by atoms with Gasteiger partial charge in [-0.25, -0.2) is 4.79 Å². The Morgan fingerprint density at radius 2 is 1.88 bits per heavy atom. The van der Waals surface area contributed by atoms with Crippen LogP contribution in [0.15, 0.2) is 47.7 Å². The van der Waals surface area contributed by atoms with E-state index >= 15 is 0 Å². The van der Waals surface area contributed by atoms with Crippen molar-refractivity contribution in [3.63, 3.8) is 0 Å². The second-order valence-corrected chi connectivity index (χ2v) is 3.58. The predicted octanol–water partition coefficient (Wildman–Crippen LogP) is 3.37. The summed E-state index contributed by atoms with van der Waals surface area (Å²) in [4.78, 5) is 17.6. The number of aromatic nitrogens is 1. The quantitative estimate of drug-likeness (QED) is 0.586. The lowest BCUT2D eigenvalue weighted by Crippen LogP contribution is -1.79. The molecule has 1 aromatic heterocycles. The molecule has 0 unspecified atom stereocenters. The molecule has 0 amide bonds. The van der Waals surface area contributed by atoms with Gasteiger partial charge in [0.2, 0.25) is 6.08 Å². The minimum atomic E-state index is 0.488. The molecule has 0 N–H and O–H groups in total. The Morgan fingerprint density at radius 1 is 1.12 bits per heavy atom. The molecule has 1 aromatic carbocycles. The van der Waals surface area contributed by atoms with Crippen LogP contribution in [0.2, 0.25) is 5.02 Å². The highest BCUT2D eigenvalue weighted by atomic mass is 35.5. The van der Waals surface area contributed by atoms with E-state index in [0.29, 0.717) is 10.7 Å². The van der Waals surface area contributed by atoms with E-state index in [1.54, 1.807) is 24.4 Å². The minimum absolute atomic E-state index is 0.488. The first kappa shape index (κ1) is 10.6. The van der Waals surface area contributed by atoms with Gasteiger partial charge in [-0.1, -0.05) is 23.7 Å². The average molecular weight is 231 g/mol. The number of hydrogen-bond donors (Lipinski definition) is 0. The second-order valence-electron chi connectivity index (χ2n) is 3.14. The summed E-state index contributed by atoms with van der Waals surface area (Å²) in [5.74, 6) is 0. The molecule has 0 fully saturated rings. The lowest BCUT2D eigenvalue weighted by atomic mass is 10.1. The third kappa shape index (κ3) is 2.34. The van der Waals surface area contributed by atoms with E-state index in [4.69, 9.17) is 11.6 Å². The first-order chi connectivity index (χ1) is 7.79. The number of carbonyl (C=O) groups excluding carboxylic acids is 1. The Labute approximate surface area is 97.4 Å². The zero-order chi connectivity index (χ0) is 11.4. The van der Waals surface area contributed by atoms with Crippen molar-refractivity contribution in [1.82, 2.24) is 4.98 Å². The van der Waals surface area contributed by atoms with Crippen molar-refractivity contribution in [3.05, 3.63) is 47.7 Å². The van der Waals surface area contributed by atoms with Gasteiger partial charge in [0.05, 0.1) is 11.9 Å². The summed E-state index contributed by atoms with van der Waals surface area (Å²) >= 11 is 5.79. The lowest BCUT2D eigenvalue weighted by molar-refractivity contribution is 0.565. The van der Waals surface area contributed by atoms with Gasteiger partial charge in [-0.3, -0.25) is 4.98 Å². The molecule has 0 saturated heterocycles. The second kappa shape index (κ2) is 4.71. The predicted molar refractivity (Wildman–Crippen MR) is 62.5 cm³/mol. The van der Waals surface area contributed by atoms with Crippen molar-refractivity contribution in [2.24, 2.45) is 4.99 Å². The topological polar surface area (TPSA) is 42.3 Å². The summed E-state index contributed by atoms with van der Waals surface area (Å²) in [6.07, 6.45) is 4.69. The van der Waals surface area contributed by atoms with Crippen molar-refractivity contribution in [3.8, 4) is 11.1 Å². The van der Waals surface area contributed by atoms with Crippen LogP contribution in [0.25, 0.3) is 11.1 Å². The summed E-state index contributed by atoms with van der Waals surface area (Å²) < 4.78 is 0. The fourth-order valence-electron chi connectivity index (χ4n) is 1.34. The molecule has 78 valence electrons. The number of benzene rings is 1. The lowest BCUT2D eigenvalue weighted by Gasteiger charge is -2.01. The van der Waals surface area contributed by atoms with E-state index in [2.05, 4.69) is 9.98 Å². The number of hydrogen-bond acceptors (Lipinski definition) is 3. The van der Waals surface area contributed by atoms with Crippen LogP contribution in [-0.4, -0.2) is 11.1 Å². The first-order valence-corrected chi connectivity index (χ1v) is 4.96. The smallest absolute Gasteiger partial charge is 0.240 e. The molecule has 0 atom stereocenters. The van der Waals surface area contributed by atoms with Crippen LogP contribution >= 0.6 is 11.6 Å². The van der Waals surface area contributed by atoms with Gasteiger partial charge >= 0.3 is 0 Å². The molecule has 0 aliphatic carbocycles. The largest absolute Gasteiger partial charge is 0.262 e. The molecule has 0 bridgehead atoms. The monoisotopic (exact) mass is 230 g/mol. The molecular weight excluding hydrogens is 224 g/mol. The van der Waals surface area contributed by atoms with Crippen LogP contribution < -0.4 is 0 Å². The van der Waals surface area contributed by atoms with Crippen molar-refractivity contribution < 1.29 is 4.79 Å². The van der Waals surface area contributed by atoms with E-state index in [9.17, 15) is 4.79 Å². The van der Waals surface area contributed by atoms with Gasteiger partial charge in [-0.05, 0) is 23.8 Å². The van der Waals surface area contributed by atoms with E-state index in [1.165, 1.54) is 12.3 Å². The fraction of sp³-hybridized carbons (Fsp3) is 0. The molecular formula is C12H7ClN2O. The molecule has 0 aliphatic heterocycles. The first-order valence-electron chi connectivity index (χ1n) is 4.58. The van der Waals surface area contributed by atoms with Gasteiger partial charge in [0, 0.05) is 16.8 Å². The Kier molecular flexibility index (Phi) is 3.10. The number of nitrogens with zero attached hydrogens (tertiary/aromatic N) is 2. The molecule has 1 heterocycles. The fourth-order valence-corrected chi connectivity index (χ4v) is 1.47. The molecule has 0 radical (unpaired) electrons.